The summed E-state index contributed by atoms with van der Waals surface area (Å²) in [6.45, 7) is 11.6. The van der Waals surface area contributed by atoms with Crippen LogP contribution in [0.3, 0.4) is 0 Å². The monoisotopic (exact) mass is 187 g/mol. The number of rotatable bonds is 2. The Labute approximate surface area is 80.8 Å². The van der Waals surface area contributed by atoms with E-state index in [4.69, 9.17) is 4.74 Å². The fourth-order valence-electron chi connectivity index (χ4n) is 0.660. The molecule has 0 aromatic heterocycles. The van der Waals surface area contributed by atoms with Gasteiger partial charge in [-0.05, 0) is 33.6 Å². The maximum absolute atomic E-state index is 11.2. The maximum atomic E-state index is 11.2. The molecule has 0 aliphatic rings. The van der Waals surface area contributed by atoms with Gasteiger partial charge in [-0.15, -0.1) is 0 Å². The third-order valence-electron chi connectivity index (χ3n) is 1.74. The summed E-state index contributed by atoms with van der Waals surface area (Å²) in [7, 11) is 0. The van der Waals surface area contributed by atoms with Gasteiger partial charge in [-0.1, -0.05) is 13.8 Å². The van der Waals surface area contributed by atoms with E-state index in [-0.39, 0.29) is 12.1 Å². The fourth-order valence-corrected chi connectivity index (χ4v) is 0.660. The van der Waals surface area contributed by atoms with E-state index in [1.807, 2.05) is 27.7 Å². The molecular formula is C10H21NO2. The van der Waals surface area contributed by atoms with Gasteiger partial charge in [0.2, 0.25) is 0 Å². The lowest BCUT2D eigenvalue weighted by atomic mass is 10.1. The van der Waals surface area contributed by atoms with Gasteiger partial charge in [0.05, 0.1) is 0 Å². The van der Waals surface area contributed by atoms with Gasteiger partial charge in [0, 0.05) is 6.04 Å². The minimum atomic E-state index is -0.416. The molecule has 0 saturated carbocycles. The third-order valence-corrected chi connectivity index (χ3v) is 1.74. The van der Waals surface area contributed by atoms with Crippen LogP contribution in [0.15, 0.2) is 0 Å². The first kappa shape index (κ1) is 12.3. The highest BCUT2D eigenvalue weighted by Crippen LogP contribution is 2.08. The van der Waals surface area contributed by atoms with Crippen molar-refractivity contribution in [3.05, 3.63) is 0 Å². The molecule has 0 heterocycles. The molecule has 0 radical (unpaired) electrons. The minimum absolute atomic E-state index is 0.148. The Morgan fingerprint density at radius 1 is 1.23 bits per heavy atom. The second kappa shape index (κ2) is 4.49. The average Bonchev–Trinajstić information content (AvgIpc) is 1.81. The normalized spacial score (nSPS) is 14.1. The van der Waals surface area contributed by atoms with Gasteiger partial charge < -0.3 is 10.1 Å². The van der Waals surface area contributed by atoms with Crippen LogP contribution in [0.25, 0.3) is 0 Å². The zero-order chi connectivity index (χ0) is 10.6. The number of ether oxygens (including phenoxy) is 1. The van der Waals surface area contributed by atoms with Crippen molar-refractivity contribution in [1.29, 1.82) is 0 Å². The highest BCUT2D eigenvalue weighted by molar-refractivity contribution is 5.68. The van der Waals surface area contributed by atoms with Crippen molar-refractivity contribution in [3.8, 4) is 0 Å². The molecule has 1 amide bonds. The first-order valence-corrected chi connectivity index (χ1v) is 4.72. The lowest BCUT2D eigenvalue weighted by molar-refractivity contribution is 0.0496. The van der Waals surface area contributed by atoms with Crippen LogP contribution in [0.2, 0.25) is 0 Å². The predicted octanol–water partition coefficient (Wildman–Crippen LogP) is 2.56. The zero-order valence-electron chi connectivity index (χ0n) is 9.47. The van der Waals surface area contributed by atoms with E-state index < -0.39 is 5.60 Å². The summed E-state index contributed by atoms with van der Waals surface area (Å²) in [5, 5.41) is 2.77. The molecule has 0 fully saturated rings. The van der Waals surface area contributed by atoms with Crippen LogP contribution in [0.5, 0.6) is 0 Å². The second-order valence-electron chi connectivity index (χ2n) is 4.68. The van der Waals surface area contributed by atoms with Crippen molar-refractivity contribution < 1.29 is 9.53 Å². The Balaban J connectivity index is 3.89. The first-order valence-electron chi connectivity index (χ1n) is 4.72. The molecule has 0 rings (SSSR count). The van der Waals surface area contributed by atoms with E-state index in [0.717, 1.165) is 0 Å². The third kappa shape index (κ3) is 6.43. The van der Waals surface area contributed by atoms with Gasteiger partial charge in [0.25, 0.3) is 0 Å². The molecule has 0 aliphatic heterocycles. The quantitative estimate of drug-likeness (QED) is 0.721. The molecule has 0 unspecified atom stereocenters. The lowest BCUT2D eigenvalue weighted by Crippen LogP contribution is -2.39. The Morgan fingerprint density at radius 2 is 1.69 bits per heavy atom. The molecule has 0 spiro atoms. The van der Waals surface area contributed by atoms with Crippen LogP contribution in [-0.4, -0.2) is 17.7 Å². The van der Waals surface area contributed by atoms with Gasteiger partial charge in [0.15, 0.2) is 0 Å². The topological polar surface area (TPSA) is 38.3 Å². The van der Waals surface area contributed by atoms with E-state index in [2.05, 4.69) is 19.2 Å². The average molecular weight is 187 g/mol. The molecule has 3 nitrogen and oxygen atoms in total. The van der Waals surface area contributed by atoms with Crippen molar-refractivity contribution in [2.75, 3.05) is 0 Å². The van der Waals surface area contributed by atoms with Crippen LogP contribution in [0.1, 0.15) is 41.5 Å². The molecule has 0 aliphatic carbocycles. The molecule has 1 atom stereocenters. The van der Waals surface area contributed by atoms with E-state index in [9.17, 15) is 4.79 Å². The van der Waals surface area contributed by atoms with Crippen molar-refractivity contribution in [2.24, 2.45) is 5.92 Å². The van der Waals surface area contributed by atoms with E-state index in [0.29, 0.717) is 5.92 Å². The second-order valence-corrected chi connectivity index (χ2v) is 4.68. The highest BCUT2D eigenvalue weighted by atomic mass is 16.6. The number of hydrogen-bond donors (Lipinski definition) is 1. The van der Waals surface area contributed by atoms with Gasteiger partial charge in [-0.2, -0.15) is 0 Å². The van der Waals surface area contributed by atoms with Gasteiger partial charge in [-0.25, -0.2) is 4.79 Å². The summed E-state index contributed by atoms with van der Waals surface area (Å²) in [4.78, 5) is 11.2. The molecule has 13 heavy (non-hydrogen) atoms. The summed E-state index contributed by atoms with van der Waals surface area (Å²) in [6, 6.07) is 0.148. The van der Waals surface area contributed by atoms with Crippen molar-refractivity contribution >= 4 is 6.09 Å². The predicted molar refractivity (Wildman–Crippen MR) is 53.7 cm³/mol. The number of nitrogens with one attached hydrogen (secondary N) is 1. The van der Waals surface area contributed by atoms with Crippen LogP contribution in [0.4, 0.5) is 4.79 Å². The van der Waals surface area contributed by atoms with Crippen LogP contribution < -0.4 is 5.32 Å². The van der Waals surface area contributed by atoms with E-state index in [1.54, 1.807) is 0 Å². The highest BCUT2D eigenvalue weighted by Gasteiger charge is 2.18. The van der Waals surface area contributed by atoms with Gasteiger partial charge >= 0.3 is 6.09 Å². The van der Waals surface area contributed by atoms with Crippen LogP contribution in [-0.2, 0) is 4.74 Å². The molecule has 0 bridgehead atoms. The van der Waals surface area contributed by atoms with E-state index in [1.165, 1.54) is 0 Å². The molecule has 3 heteroatoms. The smallest absolute Gasteiger partial charge is 0.407 e. The van der Waals surface area contributed by atoms with E-state index >= 15 is 0 Å². The van der Waals surface area contributed by atoms with Crippen LogP contribution in [0, 0.1) is 5.92 Å². The van der Waals surface area contributed by atoms with Gasteiger partial charge in [-0.3, -0.25) is 0 Å². The fraction of sp³-hybridized carbons (Fsp3) is 0.900. The number of amides is 1. The van der Waals surface area contributed by atoms with Gasteiger partial charge in [0.1, 0.15) is 5.60 Å². The Morgan fingerprint density at radius 3 is 2.00 bits per heavy atom. The first-order chi connectivity index (χ1) is 5.72. The molecular weight excluding hydrogens is 166 g/mol. The molecule has 0 aromatic rings. The Hall–Kier alpha value is -0.730. The maximum Gasteiger partial charge on any atom is 0.407 e. The Kier molecular flexibility index (Phi) is 4.24. The Bertz CT molecular complexity index is 170. The molecule has 0 saturated heterocycles. The summed E-state index contributed by atoms with van der Waals surface area (Å²) < 4.78 is 5.11. The van der Waals surface area contributed by atoms with Crippen LogP contribution >= 0.6 is 0 Å². The summed E-state index contributed by atoms with van der Waals surface area (Å²) in [6.07, 6.45) is -0.339. The molecule has 78 valence electrons. The van der Waals surface area contributed by atoms with Crippen molar-refractivity contribution in [3.63, 3.8) is 0 Å². The SMILES string of the molecule is CC(C)[C@@H](C)NC(=O)OC(C)(C)C. The molecule has 1 N–H and O–H groups in total. The number of alkyl carbamates (subject to hydrolysis) is 1. The summed E-state index contributed by atoms with van der Waals surface area (Å²) in [5.41, 5.74) is -0.416. The summed E-state index contributed by atoms with van der Waals surface area (Å²) >= 11 is 0. The standard InChI is InChI=1S/C10H21NO2/c1-7(2)8(3)11-9(12)13-10(4,5)6/h7-8H,1-6H3,(H,11,12)/t8-/m1/s1. The lowest BCUT2D eigenvalue weighted by Gasteiger charge is -2.23. The number of carbonyl (C=O) groups is 1. The van der Waals surface area contributed by atoms with Crippen molar-refractivity contribution in [2.45, 2.75) is 53.2 Å². The largest absolute Gasteiger partial charge is 0.444 e. The molecule has 0 aromatic carbocycles. The summed E-state index contributed by atoms with van der Waals surface area (Å²) in [5.74, 6) is 0.424. The number of carbonyl (C=O) groups excluding carboxylic acids is 1. The number of hydrogen-bond acceptors (Lipinski definition) is 2. The minimum Gasteiger partial charge on any atom is -0.444 e. The zero-order valence-corrected chi connectivity index (χ0v) is 9.47. The van der Waals surface area contributed by atoms with Crippen molar-refractivity contribution in [1.82, 2.24) is 5.32 Å².